The van der Waals surface area contributed by atoms with Gasteiger partial charge in [0.1, 0.15) is 5.54 Å². The van der Waals surface area contributed by atoms with Crippen molar-refractivity contribution in [2.24, 2.45) is 11.8 Å². The molecule has 4 aromatic rings. The second-order valence-electron chi connectivity index (χ2n) is 9.96. The van der Waals surface area contributed by atoms with Crippen molar-refractivity contribution in [2.45, 2.75) is 18.0 Å². The number of benzene rings is 3. The predicted molar refractivity (Wildman–Crippen MR) is 142 cm³/mol. The molecule has 0 radical (unpaired) electrons. The number of non-ortho nitro benzene ring substituents is 1. The van der Waals surface area contributed by atoms with Gasteiger partial charge in [0.2, 0.25) is 11.8 Å². The molecule has 40 heavy (non-hydrogen) atoms. The molecule has 2 aliphatic rings. The number of carbonyl (C=O) groups is 3. The Bertz CT molecular complexity index is 1760. The molecular weight excluding hydrogens is 514 g/mol. The lowest BCUT2D eigenvalue weighted by Crippen LogP contribution is -2.57. The molecule has 0 spiro atoms. The van der Waals surface area contributed by atoms with Crippen molar-refractivity contribution in [2.75, 3.05) is 4.90 Å². The molecule has 0 saturated carbocycles. The number of nitriles is 1. The number of nitro groups is 1. The van der Waals surface area contributed by atoms with Crippen LogP contribution in [0.5, 0.6) is 0 Å². The Balaban J connectivity index is 1.51. The third-order valence-electron chi connectivity index (χ3n) is 7.88. The van der Waals surface area contributed by atoms with Crippen LogP contribution in [0.25, 0.3) is 10.9 Å². The normalized spacial score (nSPS) is 23.8. The van der Waals surface area contributed by atoms with E-state index in [0.717, 1.165) is 21.9 Å². The van der Waals surface area contributed by atoms with Gasteiger partial charge in [0.05, 0.1) is 34.1 Å². The molecule has 0 bridgehead atoms. The third kappa shape index (κ3) is 3.65. The van der Waals surface area contributed by atoms with E-state index >= 15 is 0 Å². The number of carbonyl (C=O) groups excluding carboxylic acids is 2. The number of hydrogen-bond acceptors (Lipinski definition) is 7. The zero-order chi connectivity index (χ0) is 28.2. The Labute approximate surface area is 226 Å². The average Bonchev–Trinajstić information content (AvgIpc) is 3.61. The Kier molecular flexibility index (Phi) is 5.71. The summed E-state index contributed by atoms with van der Waals surface area (Å²) in [6.45, 7) is 0. The number of imide groups is 1. The maximum absolute atomic E-state index is 14.0. The largest absolute Gasteiger partial charge is 0.480 e. The molecule has 4 atom stereocenters. The highest BCUT2D eigenvalue weighted by Gasteiger charge is 2.68. The van der Waals surface area contributed by atoms with Gasteiger partial charge in [-0.05, 0) is 35.4 Å². The van der Waals surface area contributed by atoms with Crippen molar-refractivity contribution in [1.29, 1.82) is 5.26 Å². The number of aromatic nitrogens is 1. The smallest absolute Gasteiger partial charge is 0.325 e. The zero-order valence-electron chi connectivity index (χ0n) is 20.8. The minimum Gasteiger partial charge on any atom is -0.480 e. The Hall–Kier alpha value is -5.34. The van der Waals surface area contributed by atoms with Crippen LogP contribution < -0.4 is 10.2 Å². The van der Waals surface area contributed by atoms with E-state index in [9.17, 15) is 34.9 Å². The molecule has 1 aromatic heterocycles. The van der Waals surface area contributed by atoms with Gasteiger partial charge in [-0.1, -0.05) is 36.4 Å². The van der Waals surface area contributed by atoms with Gasteiger partial charge in [-0.15, -0.1) is 0 Å². The lowest BCUT2D eigenvalue weighted by atomic mass is 9.76. The van der Waals surface area contributed by atoms with Gasteiger partial charge in [-0.3, -0.25) is 29.8 Å². The summed E-state index contributed by atoms with van der Waals surface area (Å²) < 4.78 is 0. The van der Waals surface area contributed by atoms with Gasteiger partial charge in [-0.25, -0.2) is 4.90 Å². The highest BCUT2D eigenvalue weighted by Crippen LogP contribution is 2.51. The van der Waals surface area contributed by atoms with Crippen molar-refractivity contribution in [3.63, 3.8) is 0 Å². The molecular formula is C29H21N5O6. The zero-order valence-corrected chi connectivity index (χ0v) is 20.8. The van der Waals surface area contributed by atoms with Gasteiger partial charge < -0.3 is 10.1 Å². The monoisotopic (exact) mass is 535 g/mol. The number of amides is 2. The number of rotatable bonds is 6. The molecule has 198 valence electrons. The highest BCUT2D eigenvalue weighted by molar-refractivity contribution is 6.24. The van der Waals surface area contributed by atoms with E-state index in [-0.39, 0.29) is 17.8 Å². The van der Waals surface area contributed by atoms with E-state index < -0.39 is 46.1 Å². The van der Waals surface area contributed by atoms with Crippen LogP contribution >= 0.6 is 0 Å². The van der Waals surface area contributed by atoms with Gasteiger partial charge in [0.15, 0.2) is 0 Å². The van der Waals surface area contributed by atoms with Crippen LogP contribution in [-0.2, 0) is 20.8 Å². The fraction of sp³-hybridized carbons (Fsp3) is 0.172. The van der Waals surface area contributed by atoms with Crippen molar-refractivity contribution in [3.05, 3.63) is 106 Å². The quantitative estimate of drug-likeness (QED) is 0.191. The molecule has 3 aromatic carbocycles. The molecule has 2 aliphatic heterocycles. The summed E-state index contributed by atoms with van der Waals surface area (Å²) in [5, 5.41) is 35.3. The molecule has 2 amide bonds. The third-order valence-corrected chi connectivity index (χ3v) is 7.88. The summed E-state index contributed by atoms with van der Waals surface area (Å²) in [4.78, 5) is 55.9. The number of carboxylic acids is 1. The Morgan fingerprint density at radius 2 is 1.82 bits per heavy atom. The van der Waals surface area contributed by atoms with Crippen LogP contribution in [0.1, 0.15) is 22.7 Å². The number of fused-ring (bicyclic) bond motifs is 2. The van der Waals surface area contributed by atoms with Crippen LogP contribution in [0.15, 0.2) is 79.0 Å². The van der Waals surface area contributed by atoms with Crippen molar-refractivity contribution in [1.82, 2.24) is 10.3 Å². The molecule has 11 heteroatoms. The lowest BCUT2D eigenvalue weighted by Gasteiger charge is -2.31. The first-order chi connectivity index (χ1) is 19.2. The maximum Gasteiger partial charge on any atom is 0.325 e. The molecule has 0 aliphatic carbocycles. The average molecular weight is 536 g/mol. The van der Waals surface area contributed by atoms with Gasteiger partial charge in [0, 0.05) is 41.7 Å². The molecule has 3 heterocycles. The SMILES string of the molecule is N#Cc1ccc(C2NC(Cc3c[nH]c4ccccc34)(C(=O)O)C3C(=O)N(c4cccc([N+](=O)[O-])c4)C(=O)C23)cc1. The van der Waals surface area contributed by atoms with E-state index in [1.54, 1.807) is 30.5 Å². The van der Waals surface area contributed by atoms with Crippen molar-refractivity contribution >= 4 is 40.1 Å². The number of aromatic amines is 1. The highest BCUT2D eigenvalue weighted by atomic mass is 16.6. The topological polar surface area (TPSA) is 169 Å². The van der Waals surface area contributed by atoms with Crippen LogP contribution in [-0.4, -0.2) is 38.3 Å². The molecule has 2 fully saturated rings. The molecule has 4 unspecified atom stereocenters. The first-order valence-corrected chi connectivity index (χ1v) is 12.4. The van der Waals surface area contributed by atoms with E-state index in [2.05, 4.69) is 10.3 Å². The minimum absolute atomic E-state index is 0.00330. The van der Waals surface area contributed by atoms with E-state index in [0.29, 0.717) is 16.7 Å². The number of H-pyrrole nitrogens is 1. The second-order valence-corrected chi connectivity index (χ2v) is 9.96. The summed E-state index contributed by atoms with van der Waals surface area (Å²) >= 11 is 0. The summed E-state index contributed by atoms with van der Waals surface area (Å²) in [6, 6.07) is 20.1. The number of nitrogens with zero attached hydrogens (tertiary/aromatic N) is 3. The number of carboxylic acid groups (broad SMARTS) is 1. The van der Waals surface area contributed by atoms with Gasteiger partial charge in [0.25, 0.3) is 5.69 Å². The fourth-order valence-corrected chi connectivity index (χ4v) is 6.07. The van der Waals surface area contributed by atoms with Gasteiger partial charge >= 0.3 is 5.97 Å². The van der Waals surface area contributed by atoms with Crippen molar-refractivity contribution in [3.8, 4) is 6.07 Å². The lowest BCUT2D eigenvalue weighted by molar-refractivity contribution is -0.384. The van der Waals surface area contributed by atoms with Crippen LogP contribution in [0.2, 0.25) is 0 Å². The van der Waals surface area contributed by atoms with E-state index in [1.165, 1.54) is 18.2 Å². The number of nitrogens with one attached hydrogen (secondary N) is 2. The summed E-state index contributed by atoms with van der Waals surface area (Å²) in [5.41, 5.74) is 0.189. The maximum atomic E-state index is 14.0. The first-order valence-electron chi connectivity index (χ1n) is 12.4. The molecule has 11 nitrogen and oxygen atoms in total. The van der Waals surface area contributed by atoms with Crippen LogP contribution in [0.3, 0.4) is 0 Å². The summed E-state index contributed by atoms with van der Waals surface area (Å²) in [7, 11) is 0. The molecule has 2 saturated heterocycles. The summed E-state index contributed by atoms with van der Waals surface area (Å²) in [6.07, 6.45) is 1.59. The first kappa shape index (κ1) is 25.0. The van der Waals surface area contributed by atoms with Gasteiger partial charge in [-0.2, -0.15) is 5.26 Å². The predicted octanol–water partition coefficient (Wildman–Crippen LogP) is 3.46. The Morgan fingerprint density at radius 1 is 1.07 bits per heavy atom. The second kappa shape index (κ2) is 9.14. The minimum atomic E-state index is -1.88. The Morgan fingerprint density at radius 3 is 2.52 bits per heavy atom. The van der Waals surface area contributed by atoms with E-state index in [4.69, 9.17) is 0 Å². The molecule has 3 N–H and O–H groups in total. The van der Waals surface area contributed by atoms with Crippen molar-refractivity contribution < 1.29 is 24.4 Å². The van der Waals surface area contributed by atoms with Crippen LogP contribution in [0, 0.1) is 33.3 Å². The standard InChI is InChI=1S/C29H21N5O6/c30-14-16-8-10-17(11-9-16)25-23-24(27(36)33(26(23)35)19-4-3-5-20(12-19)34(39)40)29(32-25,28(37)38)13-18-15-31-22-7-2-1-6-21(18)22/h1-12,15,23-25,31-32H,13H2,(H,37,38). The number of para-hydroxylation sites is 1. The van der Waals surface area contributed by atoms with E-state index in [1.807, 2.05) is 30.3 Å². The number of hydrogen-bond donors (Lipinski definition) is 3. The number of anilines is 1. The number of nitro benzene ring substituents is 1. The fourth-order valence-electron chi connectivity index (χ4n) is 6.07. The summed E-state index contributed by atoms with van der Waals surface area (Å²) in [5.74, 6) is -5.13. The van der Waals surface area contributed by atoms with Crippen LogP contribution in [0.4, 0.5) is 11.4 Å². The number of aliphatic carboxylic acids is 1. The molecule has 6 rings (SSSR count).